The summed E-state index contributed by atoms with van der Waals surface area (Å²) in [5.74, 6) is -0.281. The Labute approximate surface area is 161 Å². The first-order chi connectivity index (χ1) is 12.5. The van der Waals surface area contributed by atoms with E-state index in [1.54, 1.807) is 18.2 Å². The normalized spacial score (nSPS) is 27.2. The summed E-state index contributed by atoms with van der Waals surface area (Å²) in [4.78, 5) is 25.7. The molecule has 2 N–H and O–H groups in total. The predicted molar refractivity (Wildman–Crippen MR) is 102 cm³/mol. The maximum absolute atomic E-state index is 13.3. The molecule has 0 radical (unpaired) electrons. The third-order valence-electron chi connectivity index (χ3n) is 5.56. The van der Waals surface area contributed by atoms with Crippen molar-refractivity contribution in [3.63, 3.8) is 0 Å². The molecule has 2 heterocycles. The van der Waals surface area contributed by atoms with Gasteiger partial charge in [0.25, 0.3) is 0 Å². The van der Waals surface area contributed by atoms with E-state index in [-0.39, 0.29) is 17.7 Å². The molecule has 134 valence electrons. The van der Waals surface area contributed by atoms with Crippen LogP contribution in [0, 0.1) is 5.92 Å². The Balaban J connectivity index is 1.97. The molecule has 0 bridgehead atoms. The highest BCUT2D eigenvalue weighted by Crippen LogP contribution is 2.55. The first-order valence-electron chi connectivity index (χ1n) is 8.63. The standard InChI is InChI=1S/C20H18Cl2N2O2/c1-2-12-9-17(25)24-18(11-4-3-5-13(21)8-11)20(12)15-7-6-14(22)10-16(15)23-19(20)26/h3-8,10,12,18H,2,9H2,1H3,(H,23,26)(H,24,25)/t12-,18-,20-/m0/s1. The van der Waals surface area contributed by atoms with Crippen LogP contribution >= 0.6 is 23.2 Å². The van der Waals surface area contributed by atoms with Crippen LogP contribution in [0.3, 0.4) is 0 Å². The number of amides is 2. The topological polar surface area (TPSA) is 58.2 Å². The van der Waals surface area contributed by atoms with Crippen LogP contribution in [0.4, 0.5) is 5.69 Å². The van der Waals surface area contributed by atoms with Crippen molar-refractivity contribution in [3.05, 3.63) is 63.6 Å². The number of halogens is 2. The van der Waals surface area contributed by atoms with Crippen LogP contribution in [0.15, 0.2) is 42.5 Å². The van der Waals surface area contributed by atoms with Crippen molar-refractivity contribution in [1.29, 1.82) is 0 Å². The number of rotatable bonds is 2. The monoisotopic (exact) mass is 388 g/mol. The van der Waals surface area contributed by atoms with Crippen LogP contribution in [0.1, 0.15) is 36.9 Å². The molecule has 26 heavy (non-hydrogen) atoms. The van der Waals surface area contributed by atoms with Crippen molar-refractivity contribution in [2.45, 2.75) is 31.2 Å². The number of benzene rings is 2. The Hall–Kier alpha value is -2.04. The SMILES string of the molecule is CC[C@H]1CC(=O)N[C@@H](c2cccc(Cl)c2)[C@]12C(=O)Nc1cc(Cl)ccc12. The van der Waals surface area contributed by atoms with E-state index in [2.05, 4.69) is 10.6 Å². The minimum Gasteiger partial charge on any atom is -0.348 e. The van der Waals surface area contributed by atoms with Crippen LogP contribution in [-0.2, 0) is 15.0 Å². The highest BCUT2D eigenvalue weighted by Gasteiger charge is 2.60. The molecule has 1 fully saturated rings. The summed E-state index contributed by atoms with van der Waals surface area (Å²) < 4.78 is 0. The number of carbonyl (C=O) groups excluding carboxylic acids is 2. The number of carbonyl (C=O) groups is 2. The molecule has 6 heteroatoms. The fourth-order valence-electron chi connectivity index (χ4n) is 4.47. The zero-order valence-corrected chi connectivity index (χ0v) is 15.7. The number of fused-ring (bicyclic) bond motifs is 2. The van der Waals surface area contributed by atoms with Gasteiger partial charge in [-0.05, 0) is 41.3 Å². The first kappa shape index (κ1) is 17.4. The molecule has 2 aromatic rings. The van der Waals surface area contributed by atoms with Gasteiger partial charge in [0.05, 0.1) is 6.04 Å². The zero-order chi connectivity index (χ0) is 18.5. The van der Waals surface area contributed by atoms with E-state index in [9.17, 15) is 9.59 Å². The lowest BCUT2D eigenvalue weighted by Crippen LogP contribution is -2.57. The lowest BCUT2D eigenvalue weighted by atomic mass is 9.60. The average molecular weight is 389 g/mol. The van der Waals surface area contributed by atoms with Crippen molar-refractivity contribution in [3.8, 4) is 0 Å². The van der Waals surface area contributed by atoms with Gasteiger partial charge < -0.3 is 10.6 Å². The van der Waals surface area contributed by atoms with Crippen LogP contribution in [0.2, 0.25) is 10.0 Å². The molecule has 2 aliphatic heterocycles. The molecule has 4 rings (SSSR count). The van der Waals surface area contributed by atoms with Crippen LogP contribution in [0.5, 0.6) is 0 Å². The molecular weight excluding hydrogens is 371 g/mol. The highest BCUT2D eigenvalue weighted by atomic mass is 35.5. The molecule has 0 unspecified atom stereocenters. The van der Waals surface area contributed by atoms with Gasteiger partial charge in [-0.3, -0.25) is 9.59 Å². The van der Waals surface area contributed by atoms with Crippen molar-refractivity contribution in [2.75, 3.05) is 5.32 Å². The molecule has 0 aliphatic carbocycles. The number of nitrogens with one attached hydrogen (secondary N) is 2. The number of piperidine rings is 1. The molecule has 1 saturated heterocycles. The maximum Gasteiger partial charge on any atom is 0.237 e. The largest absolute Gasteiger partial charge is 0.348 e. The number of hydrogen-bond acceptors (Lipinski definition) is 2. The van der Waals surface area contributed by atoms with Gasteiger partial charge in [0.1, 0.15) is 5.41 Å². The predicted octanol–water partition coefficient (Wildman–Crippen LogP) is 4.47. The molecule has 0 saturated carbocycles. The summed E-state index contributed by atoms with van der Waals surface area (Å²) in [6.45, 7) is 2.02. The first-order valence-corrected chi connectivity index (χ1v) is 9.38. The summed E-state index contributed by atoms with van der Waals surface area (Å²) in [5.41, 5.74) is 1.53. The Morgan fingerprint density at radius 1 is 1.12 bits per heavy atom. The van der Waals surface area contributed by atoms with Crippen molar-refractivity contribution >= 4 is 40.7 Å². The molecule has 4 nitrogen and oxygen atoms in total. The lowest BCUT2D eigenvalue weighted by Gasteiger charge is -2.46. The molecular formula is C20H18Cl2N2O2. The molecule has 2 aromatic carbocycles. The highest BCUT2D eigenvalue weighted by molar-refractivity contribution is 6.31. The fourth-order valence-corrected chi connectivity index (χ4v) is 4.84. The van der Waals surface area contributed by atoms with E-state index >= 15 is 0 Å². The maximum atomic E-state index is 13.3. The summed E-state index contributed by atoms with van der Waals surface area (Å²) in [5, 5.41) is 7.17. The zero-order valence-electron chi connectivity index (χ0n) is 14.2. The lowest BCUT2D eigenvalue weighted by molar-refractivity contribution is -0.133. The summed E-state index contributed by atoms with van der Waals surface area (Å²) >= 11 is 12.3. The third-order valence-corrected chi connectivity index (χ3v) is 6.03. The molecule has 2 aliphatic rings. The second-order valence-electron chi connectivity index (χ2n) is 6.88. The minimum atomic E-state index is -0.882. The van der Waals surface area contributed by atoms with Crippen LogP contribution < -0.4 is 10.6 Å². The average Bonchev–Trinajstić information content (AvgIpc) is 2.88. The Morgan fingerprint density at radius 2 is 1.88 bits per heavy atom. The number of hydrogen-bond donors (Lipinski definition) is 2. The van der Waals surface area contributed by atoms with E-state index in [1.165, 1.54) is 0 Å². The Bertz CT molecular complexity index is 914. The van der Waals surface area contributed by atoms with Gasteiger partial charge in [0, 0.05) is 22.2 Å². The van der Waals surface area contributed by atoms with E-state index in [4.69, 9.17) is 23.2 Å². The van der Waals surface area contributed by atoms with E-state index in [0.29, 0.717) is 28.6 Å². The fraction of sp³-hybridized carbons (Fsp3) is 0.300. The smallest absolute Gasteiger partial charge is 0.237 e. The van der Waals surface area contributed by atoms with Crippen molar-refractivity contribution in [1.82, 2.24) is 5.32 Å². The minimum absolute atomic E-state index is 0.0531. The number of anilines is 1. The third kappa shape index (κ3) is 2.43. The van der Waals surface area contributed by atoms with Gasteiger partial charge in [-0.25, -0.2) is 0 Å². The quantitative estimate of drug-likeness (QED) is 0.796. The van der Waals surface area contributed by atoms with Gasteiger partial charge in [-0.2, -0.15) is 0 Å². The van der Waals surface area contributed by atoms with Gasteiger partial charge >= 0.3 is 0 Å². The summed E-state index contributed by atoms with van der Waals surface area (Å²) in [6.07, 6.45) is 1.02. The summed E-state index contributed by atoms with van der Waals surface area (Å²) in [7, 11) is 0. The molecule has 0 aromatic heterocycles. The van der Waals surface area contributed by atoms with Crippen molar-refractivity contribution < 1.29 is 9.59 Å². The van der Waals surface area contributed by atoms with Gasteiger partial charge in [-0.1, -0.05) is 54.7 Å². The van der Waals surface area contributed by atoms with Crippen LogP contribution in [-0.4, -0.2) is 11.8 Å². The van der Waals surface area contributed by atoms with Crippen molar-refractivity contribution in [2.24, 2.45) is 5.92 Å². The second-order valence-corrected chi connectivity index (χ2v) is 7.75. The molecule has 3 atom stereocenters. The van der Waals surface area contributed by atoms with E-state index in [0.717, 1.165) is 11.1 Å². The van der Waals surface area contributed by atoms with Gasteiger partial charge in [0.15, 0.2) is 0 Å². The van der Waals surface area contributed by atoms with E-state index in [1.807, 2.05) is 31.2 Å². The Kier molecular flexibility index (Phi) is 4.20. The van der Waals surface area contributed by atoms with Gasteiger partial charge in [0.2, 0.25) is 11.8 Å². The van der Waals surface area contributed by atoms with Gasteiger partial charge in [-0.15, -0.1) is 0 Å². The second kappa shape index (κ2) is 6.29. The molecule has 1 spiro atoms. The summed E-state index contributed by atoms with van der Waals surface area (Å²) in [6, 6.07) is 12.3. The van der Waals surface area contributed by atoms with E-state index < -0.39 is 11.5 Å². The molecule has 2 amide bonds. The Morgan fingerprint density at radius 3 is 2.62 bits per heavy atom. The van der Waals surface area contributed by atoms with Crippen LogP contribution in [0.25, 0.3) is 0 Å².